The maximum absolute atomic E-state index is 12.7. The number of carbonyl (C=O) groups excluding carboxylic acids is 1. The molecule has 0 spiro atoms. The molecule has 0 saturated carbocycles. The summed E-state index contributed by atoms with van der Waals surface area (Å²) in [5.41, 5.74) is 0.516. The Morgan fingerprint density at radius 2 is 2.15 bits per heavy atom. The van der Waals surface area contributed by atoms with Crippen LogP contribution in [0.4, 0.5) is 5.82 Å². The molecular weight excluding hydrogens is 322 g/mol. The first-order valence-electron chi connectivity index (χ1n) is 6.84. The summed E-state index contributed by atoms with van der Waals surface area (Å²) in [6.45, 7) is 4.38. The molecular formula is C14H22BrN3O2. The molecule has 0 aliphatic heterocycles. The molecule has 0 fully saturated rings. The summed E-state index contributed by atoms with van der Waals surface area (Å²) in [5, 5.41) is 12.2. The van der Waals surface area contributed by atoms with Crippen molar-refractivity contribution in [2.45, 2.75) is 32.7 Å². The average molecular weight is 344 g/mol. The van der Waals surface area contributed by atoms with Gasteiger partial charge in [0.2, 0.25) is 0 Å². The van der Waals surface area contributed by atoms with Gasteiger partial charge in [0.05, 0.1) is 12.2 Å². The number of anilines is 1. The van der Waals surface area contributed by atoms with E-state index >= 15 is 0 Å². The molecule has 0 atom stereocenters. The quantitative estimate of drug-likeness (QED) is 0.798. The lowest BCUT2D eigenvalue weighted by Crippen LogP contribution is -2.41. The largest absolute Gasteiger partial charge is 0.395 e. The second-order valence-electron chi connectivity index (χ2n) is 4.49. The van der Waals surface area contributed by atoms with Crippen LogP contribution < -0.4 is 5.32 Å². The number of halogens is 1. The van der Waals surface area contributed by atoms with Crippen molar-refractivity contribution in [2.24, 2.45) is 0 Å². The molecule has 1 rings (SSSR count). The van der Waals surface area contributed by atoms with Crippen LogP contribution in [0.2, 0.25) is 0 Å². The van der Waals surface area contributed by atoms with Gasteiger partial charge >= 0.3 is 0 Å². The van der Waals surface area contributed by atoms with Gasteiger partial charge < -0.3 is 15.3 Å². The maximum atomic E-state index is 12.7. The highest BCUT2D eigenvalue weighted by Crippen LogP contribution is 2.21. The fourth-order valence-corrected chi connectivity index (χ4v) is 2.57. The standard InChI is InChI=1S/C14H22BrN3O2/c1-4-11(5-2)18(6-7-19)14(20)12-8-10(15)9-17-13(12)16-3/h8-9,11,19H,4-7H2,1-3H3,(H,16,17). The molecule has 0 aromatic carbocycles. The van der Waals surface area contributed by atoms with Gasteiger partial charge in [-0.15, -0.1) is 0 Å². The zero-order valence-corrected chi connectivity index (χ0v) is 13.8. The summed E-state index contributed by atoms with van der Waals surface area (Å²) < 4.78 is 0.758. The number of nitrogens with zero attached hydrogens (tertiary/aromatic N) is 2. The van der Waals surface area contributed by atoms with Crippen molar-refractivity contribution in [3.05, 3.63) is 22.3 Å². The smallest absolute Gasteiger partial charge is 0.257 e. The zero-order valence-electron chi connectivity index (χ0n) is 12.2. The number of hydrogen-bond donors (Lipinski definition) is 2. The van der Waals surface area contributed by atoms with E-state index in [0.29, 0.717) is 17.9 Å². The topological polar surface area (TPSA) is 65.5 Å². The number of carbonyl (C=O) groups is 1. The molecule has 6 heteroatoms. The minimum Gasteiger partial charge on any atom is -0.395 e. The van der Waals surface area contributed by atoms with E-state index in [-0.39, 0.29) is 18.6 Å². The van der Waals surface area contributed by atoms with E-state index in [0.717, 1.165) is 17.3 Å². The van der Waals surface area contributed by atoms with Crippen LogP contribution in [0.3, 0.4) is 0 Å². The summed E-state index contributed by atoms with van der Waals surface area (Å²) in [4.78, 5) is 18.7. The first kappa shape index (κ1) is 16.9. The lowest BCUT2D eigenvalue weighted by atomic mass is 10.1. The van der Waals surface area contributed by atoms with Crippen LogP contribution in [0.15, 0.2) is 16.7 Å². The molecule has 1 aromatic heterocycles. The van der Waals surface area contributed by atoms with Gasteiger partial charge in [-0.25, -0.2) is 4.98 Å². The predicted molar refractivity (Wildman–Crippen MR) is 84.0 cm³/mol. The molecule has 1 heterocycles. The van der Waals surface area contributed by atoms with E-state index in [1.165, 1.54) is 0 Å². The van der Waals surface area contributed by atoms with E-state index in [2.05, 4.69) is 26.2 Å². The molecule has 112 valence electrons. The molecule has 1 amide bonds. The third-order valence-corrected chi connectivity index (χ3v) is 3.74. The number of aliphatic hydroxyl groups excluding tert-OH is 1. The van der Waals surface area contributed by atoms with Crippen molar-refractivity contribution in [1.82, 2.24) is 9.88 Å². The fourth-order valence-electron chi connectivity index (χ4n) is 2.24. The van der Waals surface area contributed by atoms with Crippen molar-refractivity contribution in [3.8, 4) is 0 Å². The monoisotopic (exact) mass is 343 g/mol. The van der Waals surface area contributed by atoms with Crippen LogP contribution in [0, 0.1) is 0 Å². The van der Waals surface area contributed by atoms with E-state index < -0.39 is 0 Å². The minimum atomic E-state index is -0.106. The summed E-state index contributed by atoms with van der Waals surface area (Å²) in [6, 6.07) is 1.88. The van der Waals surface area contributed by atoms with E-state index in [9.17, 15) is 9.90 Å². The highest BCUT2D eigenvalue weighted by Gasteiger charge is 2.24. The maximum Gasteiger partial charge on any atom is 0.257 e. The van der Waals surface area contributed by atoms with Crippen molar-refractivity contribution < 1.29 is 9.90 Å². The molecule has 5 nitrogen and oxygen atoms in total. The second kappa shape index (κ2) is 8.21. The Morgan fingerprint density at radius 1 is 1.50 bits per heavy atom. The molecule has 0 aliphatic carbocycles. The normalized spacial score (nSPS) is 10.7. The molecule has 1 aromatic rings. The van der Waals surface area contributed by atoms with Gasteiger partial charge in [-0.05, 0) is 34.8 Å². The van der Waals surface area contributed by atoms with Crippen LogP contribution >= 0.6 is 15.9 Å². The molecule has 0 unspecified atom stereocenters. The van der Waals surface area contributed by atoms with Crippen LogP contribution in [0.1, 0.15) is 37.0 Å². The SMILES string of the molecule is CCC(CC)N(CCO)C(=O)c1cc(Br)cnc1NC. The molecule has 2 N–H and O–H groups in total. The highest BCUT2D eigenvalue weighted by atomic mass is 79.9. The van der Waals surface area contributed by atoms with Gasteiger partial charge in [-0.3, -0.25) is 4.79 Å². The number of hydrogen-bond acceptors (Lipinski definition) is 4. The summed E-state index contributed by atoms with van der Waals surface area (Å²) >= 11 is 3.34. The predicted octanol–water partition coefficient (Wildman–Crippen LogP) is 2.51. The zero-order chi connectivity index (χ0) is 15.1. The molecule has 20 heavy (non-hydrogen) atoms. The minimum absolute atomic E-state index is 0.0431. The molecule has 0 bridgehead atoms. The third kappa shape index (κ3) is 3.93. The summed E-state index contributed by atoms with van der Waals surface area (Å²) in [7, 11) is 1.74. The Bertz CT molecular complexity index is 450. The Morgan fingerprint density at radius 3 is 2.65 bits per heavy atom. The first-order valence-corrected chi connectivity index (χ1v) is 7.63. The van der Waals surface area contributed by atoms with Gasteiger partial charge in [0.1, 0.15) is 5.82 Å². The van der Waals surface area contributed by atoms with Gasteiger partial charge in [0.15, 0.2) is 0 Å². The number of pyridine rings is 1. The lowest BCUT2D eigenvalue weighted by molar-refractivity contribution is 0.0623. The van der Waals surface area contributed by atoms with Gasteiger partial charge in [0, 0.05) is 30.3 Å². The van der Waals surface area contributed by atoms with Crippen LogP contribution in [0.5, 0.6) is 0 Å². The van der Waals surface area contributed by atoms with Gasteiger partial charge in [0.25, 0.3) is 5.91 Å². The Hall–Kier alpha value is -1.14. The van der Waals surface area contributed by atoms with E-state index in [1.807, 2.05) is 13.8 Å². The first-order chi connectivity index (χ1) is 9.58. The number of aromatic nitrogens is 1. The highest BCUT2D eigenvalue weighted by molar-refractivity contribution is 9.10. The van der Waals surface area contributed by atoms with Crippen LogP contribution in [-0.2, 0) is 0 Å². The van der Waals surface area contributed by atoms with Crippen LogP contribution in [-0.4, -0.2) is 47.1 Å². The van der Waals surface area contributed by atoms with Crippen molar-refractivity contribution in [1.29, 1.82) is 0 Å². The van der Waals surface area contributed by atoms with Crippen molar-refractivity contribution in [2.75, 3.05) is 25.5 Å². The van der Waals surface area contributed by atoms with Crippen molar-refractivity contribution >= 4 is 27.7 Å². The average Bonchev–Trinajstić information content (AvgIpc) is 2.46. The third-order valence-electron chi connectivity index (χ3n) is 3.31. The number of aliphatic hydroxyl groups is 1. The summed E-state index contributed by atoms with van der Waals surface area (Å²) in [6.07, 6.45) is 3.37. The molecule has 0 aliphatic rings. The Labute approximate surface area is 128 Å². The van der Waals surface area contributed by atoms with E-state index in [1.54, 1.807) is 24.2 Å². The Kier molecular flexibility index (Phi) is 6.95. The summed E-state index contributed by atoms with van der Waals surface area (Å²) in [5.74, 6) is 0.443. The van der Waals surface area contributed by atoms with Crippen molar-refractivity contribution in [3.63, 3.8) is 0 Å². The molecule has 0 saturated heterocycles. The van der Waals surface area contributed by atoms with E-state index in [4.69, 9.17) is 0 Å². The second-order valence-corrected chi connectivity index (χ2v) is 5.41. The number of amides is 1. The fraction of sp³-hybridized carbons (Fsp3) is 0.571. The van der Waals surface area contributed by atoms with Gasteiger partial charge in [-0.2, -0.15) is 0 Å². The lowest BCUT2D eigenvalue weighted by Gasteiger charge is -2.30. The van der Waals surface area contributed by atoms with Crippen LogP contribution in [0.25, 0.3) is 0 Å². The molecule has 0 radical (unpaired) electrons. The number of rotatable bonds is 7. The number of nitrogens with one attached hydrogen (secondary N) is 1. The Balaban J connectivity index is 3.14. The van der Waals surface area contributed by atoms with Gasteiger partial charge in [-0.1, -0.05) is 13.8 Å².